The van der Waals surface area contributed by atoms with Crippen molar-refractivity contribution in [1.29, 1.82) is 0 Å². The molecule has 0 aliphatic rings. The molecule has 18 heavy (non-hydrogen) atoms. The van der Waals surface area contributed by atoms with Gasteiger partial charge in [0, 0.05) is 6.42 Å². The molecule has 104 valence electrons. The molecule has 1 unspecified atom stereocenters. The van der Waals surface area contributed by atoms with Crippen LogP contribution in [0.15, 0.2) is 12.7 Å². The molecule has 8 heteroatoms. The molecule has 0 radical (unpaired) electrons. The predicted molar refractivity (Wildman–Crippen MR) is 64.4 cm³/mol. The molecule has 7 nitrogen and oxygen atoms in total. The van der Waals surface area contributed by atoms with E-state index < -0.39 is 28.0 Å². The Morgan fingerprint density at radius 1 is 1.50 bits per heavy atom. The minimum Gasteiger partial charge on any atom is -0.480 e. The highest BCUT2D eigenvalue weighted by atomic mass is 32.2. The second kappa shape index (κ2) is 7.83. The zero-order valence-corrected chi connectivity index (χ0v) is 10.9. The minimum atomic E-state index is -3.74. The largest absolute Gasteiger partial charge is 0.480 e. The number of carbonyl (C=O) groups is 2. The lowest BCUT2D eigenvalue weighted by atomic mass is 10.2. The summed E-state index contributed by atoms with van der Waals surface area (Å²) in [4.78, 5) is 21.5. The number of esters is 1. The summed E-state index contributed by atoms with van der Waals surface area (Å²) in [6.45, 7) is 3.35. The summed E-state index contributed by atoms with van der Waals surface area (Å²) < 4.78 is 29.5. The van der Waals surface area contributed by atoms with Gasteiger partial charge in [0.05, 0.1) is 12.9 Å². The van der Waals surface area contributed by atoms with E-state index in [-0.39, 0.29) is 25.0 Å². The molecular formula is C10H17NO6S. The zero-order chi connectivity index (χ0) is 14.2. The van der Waals surface area contributed by atoms with Gasteiger partial charge in [-0.2, -0.15) is 0 Å². The number of ether oxygens (including phenoxy) is 1. The Hall–Kier alpha value is -1.41. The molecule has 0 heterocycles. The first-order chi connectivity index (χ1) is 8.32. The van der Waals surface area contributed by atoms with Crippen molar-refractivity contribution in [3.63, 3.8) is 0 Å². The Bertz CT molecular complexity index is 403. The molecule has 0 bridgehead atoms. The van der Waals surface area contributed by atoms with Crippen LogP contribution in [0.3, 0.4) is 0 Å². The number of carbonyl (C=O) groups excluding carboxylic acids is 1. The van der Waals surface area contributed by atoms with Crippen LogP contribution in [0, 0.1) is 0 Å². The van der Waals surface area contributed by atoms with Crippen molar-refractivity contribution in [2.24, 2.45) is 0 Å². The average molecular weight is 279 g/mol. The van der Waals surface area contributed by atoms with Gasteiger partial charge in [-0.25, -0.2) is 13.1 Å². The standard InChI is InChI=1S/C10H17NO6S/c1-3-5-8(10(13)14)11-18(15,16)7-4-6-9(12)17-2/h3,8,11H,1,4-7H2,2H3,(H,13,14). The fraction of sp³-hybridized carbons (Fsp3) is 0.600. The predicted octanol–water partition coefficient (Wildman–Crippen LogP) is -0.112. The van der Waals surface area contributed by atoms with E-state index in [0.717, 1.165) is 0 Å². The van der Waals surface area contributed by atoms with E-state index in [1.807, 2.05) is 4.72 Å². The van der Waals surface area contributed by atoms with Gasteiger partial charge >= 0.3 is 11.9 Å². The first kappa shape index (κ1) is 16.6. The summed E-state index contributed by atoms with van der Waals surface area (Å²) in [5.74, 6) is -2.11. The van der Waals surface area contributed by atoms with E-state index in [2.05, 4.69) is 11.3 Å². The van der Waals surface area contributed by atoms with Crippen LogP contribution in [-0.2, 0) is 24.3 Å². The Morgan fingerprint density at radius 2 is 2.11 bits per heavy atom. The van der Waals surface area contributed by atoms with E-state index in [0.29, 0.717) is 0 Å². The SMILES string of the molecule is C=CCC(NS(=O)(=O)CCCC(=O)OC)C(=O)O. The van der Waals surface area contributed by atoms with E-state index in [1.54, 1.807) is 0 Å². The quantitative estimate of drug-likeness (QED) is 0.450. The Labute approximate surface area is 106 Å². The second-order valence-electron chi connectivity index (χ2n) is 3.53. The van der Waals surface area contributed by atoms with Crippen molar-refractivity contribution >= 4 is 22.0 Å². The summed E-state index contributed by atoms with van der Waals surface area (Å²) in [7, 11) is -2.53. The van der Waals surface area contributed by atoms with Gasteiger partial charge in [-0.3, -0.25) is 9.59 Å². The first-order valence-electron chi connectivity index (χ1n) is 5.23. The number of sulfonamides is 1. The number of hydrogen-bond donors (Lipinski definition) is 2. The van der Waals surface area contributed by atoms with Crippen molar-refractivity contribution in [1.82, 2.24) is 4.72 Å². The maximum Gasteiger partial charge on any atom is 0.322 e. The third-order valence-corrected chi connectivity index (χ3v) is 3.51. The zero-order valence-electron chi connectivity index (χ0n) is 10.1. The van der Waals surface area contributed by atoms with Crippen molar-refractivity contribution in [3.05, 3.63) is 12.7 Å². The van der Waals surface area contributed by atoms with Gasteiger partial charge in [-0.15, -0.1) is 6.58 Å². The molecule has 0 aliphatic carbocycles. The second-order valence-corrected chi connectivity index (χ2v) is 5.41. The summed E-state index contributed by atoms with van der Waals surface area (Å²) in [5.41, 5.74) is 0. The summed E-state index contributed by atoms with van der Waals surface area (Å²) in [6, 6.07) is -1.23. The van der Waals surface area contributed by atoms with Crippen LogP contribution < -0.4 is 4.72 Å². The molecule has 0 aromatic heterocycles. The molecule has 0 aromatic carbocycles. The van der Waals surface area contributed by atoms with Crippen molar-refractivity contribution in [2.75, 3.05) is 12.9 Å². The van der Waals surface area contributed by atoms with Crippen LogP contribution in [0.1, 0.15) is 19.3 Å². The van der Waals surface area contributed by atoms with Crippen molar-refractivity contribution in [3.8, 4) is 0 Å². The Morgan fingerprint density at radius 3 is 2.56 bits per heavy atom. The molecule has 0 spiro atoms. The number of methoxy groups -OCH3 is 1. The van der Waals surface area contributed by atoms with Gasteiger partial charge in [-0.05, 0) is 12.8 Å². The molecule has 1 atom stereocenters. The normalized spacial score (nSPS) is 12.7. The Kier molecular flexibility index (Phi) is 7.21. The average Bonchev–Trinajstić information content (AvgIpc) is 2.27. The van der Waals surface area contributed by atoms with Crippen LogP contribution in [-0.4, -0.2) is 44.4 Å². The lowest BCUT2D eigenvalue weighted by molar-refractivity contribution is -0.141. The van der Waals surface area contributed by atoms with Crippen LogP contribution in [0.5, 0.6) is 0 Å². The van der Waals surface area contributed by atoms with Crippen LogP contribution >= 0.6 is 0 Å². The number of carboxylic acids is 1. The van der Waals surface area contributed by atoms with Crippen LogP contribution in [0.2, 0.25) is 0 Å². The number of carboxylic acid groups (broad SMARTS) is 1. The number of hydrogen-bond acceptors (Lipinski definition) is 5. The topological polar surface area (TPSA) is 110 Å². The van der Waals surface area contributed by atoms with E-state index in [9.17, 15) is 18.0 Å². The van der Waals surface area contributed by atoms with Gasteiger partial charge in [0.15, 0.2) is 0 Å². The maximum atomic E-state index is 11.5. The number of rotatable bonds is 9. The van der Waals surface area contributed by atoms with Crippen molar-refractivity contribution < 1.29 is 27.9 Å². The Balaban J connectivity index is 4.32. The fourth-order valence-electron chi connectivity index (χ4n) is 1.15. The minimum absolute atomic E-state index is 0.00837. The maximum absolute atomic E-state index is 11.5. The molecule has 2 N–H and O–H groups in total. The molecule has 0 fully saturated rings. The third-order valence-electron chi connectivity index (χ3n) is 2.04. The number of nitrogens with one attached hydrogen (secondary N) is 1. The lowest BCUT2D eigenvalue weighted by Gasteiger charge is -2.12. The smallest absolute Gasteiger partial charge is 0.322 e. The highest BCUT2D eigenvalue weighted by Gasteiger charge is 2.22. The highest BCUT2D eigenvalue weighted by Crippen LogP contribution is 2.01. The van der Waals surface area contributed by atoms with Gasteiger partial charge < -0.3 is 9.84 Å². The van der Waals surface area contributed by atoms with Gasteiger partial charge in [0.2, 0.25) is 10.0 Å². The fourth-order valence-corrected chi connectivity index (χ4v) is 2.42. The van der Waals surface area contributed by atoms with Gasteiger partial charge in [0.25, 0.3) is 0 Å². The van der Waals surface area contributed by atoms with Crippen LogP contribution in [0.4, 0.5) is 0 Å². The molecule has 0 saturated heterocycles. The van der Waals surface area contributed by atoms with Crippen molar-refractivity contribution in [2.45, 2.75) is 25.3 Å². The van der Waals surface area contributed by atoms with E-state index >= 15 is 0 Å². The highest BCUT2D eigenvalue weighted by molar-refractivity contribution is 7.89. The van der Waals surface area contributed by atoms with E-state index in [1.165, 1.54) is 13.2 Å². The molecule has 0 saturated carbocycles. The lowest BCUT2D eigenvalue weighted by Crippen LogP contribution is -2.41. The third kappa shape index (κ3) is 7.02. The monoisotopic (exact) mass is 279 g/mol. The van der Waals surface area contributed by atoms with Gasteiger partial charge in [0.1, 0.15) is 6.04 Å². The van der Waals surface area contributed by atoms with Crippen LogP contribution in [0.25, 0.3) is 0 Å². The number of aliphatic carboxylic acids is 1. The molecule has 0 amide bonds. The van der Waals surface area contributed by atoms with Gasteiger partial charge in [-0.1, -0.05) is 6.08 Å². The van der Waals surface area contributed by atoms with E-state index in [4.69, 9.17) is 5.11 Å². The summed E-state index contributed by atoms with van der Waals surface area (Å²) in [5, 5.41) is 8.77. The molecule has 0 aliphatic heterocycles. The molecule has 0 aromatic rings. The molecular weight excluding hydrogens is 262 g/mol. The summed E-state index contributed by atoms with van der Waals surface area (Å²) >= 11 is 0. The molecule has 0 rings (SSSR count). The summed E-state index contributed by atoms with van der Waals surface area (Å²) in [6.07, 6.45) is 1.35. The first-order valence-corrected chi connectivity index (χ1v) is 6.88.